The van der Waals surface area contributed by atoms with Gasteiger partial charge in [0.25, 0.3) is 10.0 Å². The van der Waals surface area contributed by atoms with E-state index >= 15 is 0 Å². The molecule has 1 rings (SSSR count). The third-order valence-corrected chi connectivity index (χ3v) is 4.16. The highest BCUT2D eigenvalue weighted by Gasteiger charge is 2.27. The van der Waals surface area contributed by atoms with Gasteiger partial charge in [0.2, 0.25) is 5.09 Å². The maximum atomic E-state index is 11.9. The average Bonchev–Trinajstić information content (AvgIpc) is 2.63. The molecule has 0 spiro atoms. The molecule has 5 nitrogen and oxygen atoms in total. The molecule has 1 unspecified atom stereocenters. The monoisotopic (exact) mass is 268 g/mol. The third kappa shape index (κ3) is 2.98. The molecule has 0 radical (unpaired) electrons. The first-order chi connectivity index (χ1) is 6.89. The second-order valence-electron chi connectivity index (χ2n) is 3.47. The van der Waals surface area contributed by atoms with Crippen LogP contribution in [0.3, 0.4) is 0 Å². The number of likely N-dealkylation sites (N-methyl/N-ethyl adjacent to an activating group) is 1. The minimum Gasteiger partial charge on any atom is -0.449 e. The smallest absolute Gasteiger partial charge is 0.276 e. The molecule has 0 aromatic carbocycles. The van der Waals surface area contributed by atoms with Crippen LogP contribution in [0.1, 0.15) is 12.7 Å². The van der Waals surface area contributed by atoms with E-state index < -0.39 is 10.0 Å². The van der Waals surface area contributed by atoms with Crippen molar-refractivity contribution in [3.63, 3.8) is 0 Å². The van der Waals surface area contributed by atoms with Crippen LogP contribution in [-0.4, -0.2) is 32.4 Å². The van der Waals surface area contributed by atoms with Gasteiger partial charge in [-0.05, 0) is 26.0 Å². The summed E-state index contributed by atoms with van der Waals surface area (Å²) in [4.78, 5) is 0. The van der Waals surface area contributed by atoms with Gasteiger partial charge in [0.05, 0.1) is 0 Å². The number of furan rings is 1. The van der Waals surface area contributed by atoms with Crippen LogP contribution < -0.4 is 5.73 Å². The summed E-state index contributed by atoms with van der Waals surface area (Å²) in [5.41, 5.74) is 5.42. The molecule has 0 bridgehead atoms. The zero-order chi connectivity index (χ0) is 11.6. The number of rotatable bonds is 4. The highest BCUT2D eigenvalue weighted by Crippen LogP contribution is 2.18. The van der Waals surface area contributed by atoms with Gasteiger partial charge in [-0.25, -0.2) is 8.42 Å². The average molecular weight is 269 g/mol. The van der Waals surface area contributed by atoms with E-state index in [9.17, 15) is 8.42 Å². The van der Waals surface area contributed by atoms with Crippen LogP contribution in [0, 0.1) is 6.92 Å². The van der Waals surface area contributed by atoms with Crippen molar-refractivity contribution in [2.75, 3.05) is 13.6 Å². The highest BCUT2D eigenvalue weighted by atomic mass is 35.5. The number of hydrogen-bond acceptors (Lipinski definition) is 4. The number of hydrogen-bond donors (Lipinski definition) is 1. The van der Waals surface area contributed by atoms with E-state index in [2.05, 4.69) is 0 Å². The van der Waals surface area contributed by atoms with Gasteiger partial charge in [0.1, 0.15) is 5.76 Å². The van der Waals surface area contributed by atoms with Crippen molar-refractivity contribution < 1.29 is 12.8 Å². The van der Waals surface area contributed by atoms with Crippen molar-refractivity contribution >= 4 is 22.4 Å². The Balaban J connectivity index is 0.00000225. The van der Waals surface area contributed by atoms with Gasteiger partial charge in [-0.2, -0.15) is 4.31 Å². The maximum Gasteiger partial charge on any atom is 0.276 e. The predicted octanol–water partition coefficient (Wildman–Crippen LogP) is 0.978. The molecule has 2 N–H and O–H groups in total. The number of sulfonamides is 1. The van der Waals surface area contributed by atoms with Crippen molar-refractivity contribution in [3.8, 4) is 0 Å². The van der Waals surface area contributed by atoms with E-state index in [1.54, 1.807) is 19.9 Å². The molecule has 1 aromatic heterocycles. The van der Waals surface area contributed by atoms with Gasteiger partial charge in [0, 0.05) is 19.6 Å². The lowest BCUT2D eigenvalue weighted by molar-refractivity contribution is 0.362. The summed E-state index contributed by atoms with van der Waals surface area (Å²) >= 11 is 0. The van der Waals surface area contributed by atoms with Gasteiger partial charge in [-0.1, -0.05) is 0 Å². The van der Waals surface area contributed by atoms with Crippen LogP contribution in [0.25, 0.3) is 0 Å². The van der Waals surface area contributed by atoms with Crippen LogP contribution in [0.4, 0.5) is 0 Å². The maximum absolute atomic E-state index is 11.9. The molecular weight excluding hydrogens is 252 g/mol. The molecule has 0 aliphatic carbocycles. The number of nitrogens with two attached hydrogens (primary N) is 1. The summed E-state index contributed by atoms with van der Waals surface area (Å²) in [7, 11) is -2.05. The minimum atomic E-state index is -3.54. The molecule has 0 saturated carbocycles. The van der Waals surface area contributed by atoms with Gasteiger partial charge < -0.3 is 10.2 Å². The quantitative estimate of drug-likeness (QED) is 0.883. The van der Waals surface area contributed by atoms with Crippen LogP contribution in [0.2, 0.25) is 0 Å². The standard InChI is InChI=1S/C9H16N2O3S.ClH/c1-7(6-10)11(3)15(12,13)9-5-4-8(2)14-9;/h4-5,7H,6,10H2,1-3H3;1H. The fraction of sp³-hybridized carbons (Fsp3) is 0.556. The van der Waals surface area contributed by atoms with E-state index in [0.717, 1.165) is 0 Å². The molecule has 1 heterocycles. The zero-order valence-electron chi connectivity index (χ0n) is 9.50. The van der Waals surface area contributed by atoms with Crippen LogP contribution in [0.5, 0.6) is 0 Å². The molecule has 0 aliphatic rings. The Kier molecular flexibility index (Phi) is 5.48. The van der Waals surface area contributed by atoms with Gasteiger partial charge >= 0.3 is 0 Å². The second kappa shape index (κ2) is 5.67. The topological polar surface area (TPSA) is 76.5 Å². The Labute approximate surface area is 102 Å². The summed E-state index contributed by atoms with van der Waals surface area (Å²) in [6.45, 7) is 3.72. The third-order valence-electron chi connectivity index (χ3n) is 2.31. The highest BCUT2D eigenvalue weighted by molar-refractivity contribution is 7.89. The molecule has 0 amide bonds. The Hall–Kier alpha value is -0.560. The molecule has 0 fully saturated rings. The molecule has 1 aromatic rings. The molecule has 94 valence electrons. The van der Waals surface area contributed by atoms with E-state index in [-0.39, 0.29) is 30.1 Å². The van der Waals surface area contributed by atoms with E-state index in [4.69, 9.17) is 10.2 Å². The van der Waals surface area contributed by atoms with E-state index in [1.165, 1.54) is 17.4 Å². The fourth-order valence-electron chi connectivity index (χ4n) is 1.08. The van der Waals surface area contributed by atoms with Crippen LogP contribution in [-0.2, 0) is 10.0 Å². The Morgan fingerprint density at radius 3 is 2.44 bits per heavy atom. The van der Waals surface area contributed by atoms with Crippen molar-refractivity contribution in [2.24, 2.45) is 5.73 Å². The molecule has 16 heavy (non-hydrogen) atoms. The fourth-order valence-corrected chi connectivity index (χ4v) is 2.40. The summed E-state index contributed by atoms with van der Waals surface area (Å²) in [5, 5.41) is -0.0391. The number of nitrogens with zero attached hydrogens (tertiary/aromatic N) is 1. The second-order valence-corrected chi connectivity index (χ2v) is 5.40. The SMILES string of the molecule is Cc1ccc(S(=O)(=O)N(C)C(C)CN)o1.Cl. The normalized spacial score (nSPS) is 13.6. The first-order valence-corrected chi connectivity index (χ1v) is 6.08. The molecule has 1 atom stereocenters. The molecule has 0 aliphatic heterocycles. The lowest BCUT2D eigenvalue weighted by Gasteiger charge is -2.21. The van der Waals surface area contributed by atoms with E-state index in [0.29, 0.717) is 5.76 Å². The van der Waals surface area contributed by atoms with Crippen LogP contribution >= 0.6 is 12.4 Å². The molecular formula is C9H17ClN2O3S. The summed E-state index contributed by atoms with van der Waals surface area (Å²) in [6.07, 6.45) is 0. The first-order valence-electron chi connectivity index (χ1n) is 4.64. The Morgan fingerprint density at radius 2 is 2.06 bits per heavy atom. The van der Waals surface area contributed by atoms with Crippen molar-refractivity contribution in [3.05, 3.63) is 17.9 Å². The Bertz CT molecular complexity index is 430. The molecule has 7 heteroatoms. The lowest BCUT2D eigenvalue weighted by atomic mass is 10.4. The van der Waals surface area contributed by atoms with Gasteiger partial charge in [-0.3, -0.25) is 0 Å². The number of halogens is 1. The van der Waals surface area contributed by atoms with E-state index in [1.807, 2.05) is 0 Å². The molecule has 0 saturated heterocycles. The first kappa shape index (κ1) is 15.4. The van der Waals surface area contributed by atoms with Gasteiger partial charge in [-0.15, -0.1) is 12.4 Å². The zero-order valence-corrected chi connectivity index (χ0v) is 11.1. The van der Waals surface area contributed by atoms with Crippen molar-refractivity contribution in [2.45, 2.75) is 25.0 Å². The van der Waals surface area contributed by atoms with Crippen molar-refractivity contribution in [1.82, 2.24) is 4.31 Å². The minimum absolute atomic E-state index is 0. The lowest BCUT2D eigenvalue weighted by Crippen LogP contribution is -2.39. The van der Waals surface area contributed by atoms with Crippen molar-refractivity contribution in [1.29, 1.82) is 0 Å². The predicted molar refractivity (Wildman–Crippen MR) is 64.2 cm³/mol. The largest absolute Gasteiger partial charge is 0.449 e. The number of aryl methyl sites for hydroxylation is 1. The summed E-state index contributed by atoms with van der Waals surface area (Å²) in [5.74, 6) is 0.572. The summed E-state index contributed by atoms with van der Waals surface area (Å²) in [6, 6.07) is 2.82. The van der Waals surface area contributed by atoms with Gasteiger partial charge in [0.15, 0.2) is 0 Å². The summed E-state index contributed by atoms with van der Waals surface area (Å²) < 4.78 is 30.2. The Morgan fingerprint density at radius 1 is 1.50 bits per heavy atom. The van der Waals surface area contributed by atoms with Crippen LogP contribution in [0.15, 0.2) is 21.6 Å².